The molecule has 0 spiro atoms. The fourth-order valence-corrected chi connectivity index (χ4v) is 2.99. The predicted octanol–water partition coefficient (Wildman–Crippen LogP) is 2.05. The van der Waals surface area contributed by atoms with Gasteiger partial charge in [-0.05, 0) is 25.1 Å². The summed E-state index contributed by atoms with van der Waals surface area (Å²) in [7, 11) is 0. The van der Waals surface area contributed by atoms with Crippen LogP contribution < -0.4 is 0 Å². The lowest BCUT2D eigenvalue weighted by Crippen LogP contribution is -2.34. The van der Waals surface area contributed by atoms with E-state index in [0.717, 1.165) is 50.1 Å². The van der Waals surface area contributed by atoms with Crippen molar-refractivity contribution in [3.8, 4) is 0 Å². The van der Waals surface area contributed by atoms with Gasteiger partial charge in [-0.3, -0.25) is 9.58 Å². The van der Waals surface area contributed by atoms with Gasteiger partial charge in [-0.25, -0.2) is 4.98 Å². The second-order valence-electron chi connectivity index (χ2n) is 5.74. The van der Waals surface area contributed by atoms with Crippen molar-refractivity contribution >= 4 is 0 Å². The first kappa shape index (κ1) is 13.3. The molecule has 0 saturated heterocycles. The van der Waals surface area contributed by atoms with Crippen molar-refractivity contribution < 1.29 is 4.42 Å². The Morgan fingerprint density at radius 1 is 1.23 bits per heavy atom. The zero-order valence-corrected chi connectivity index (χ0v) is 12.6. The highest BCUT2D eigenvalue weighted by Gasteiger charge is 2.20. The van der Waals surface area contributed by atoms with Crippen molar-refractivity contribution in [2.75, 3.05) is 6.54 Å². The Balaban J connectivity index is 1.46. The van der Waals surface area contributed by atoms with Crippen molar-refractivity contribution in [2.24, 2.45) is 0 Å². The standard InChI is InChI=1S/C16H19N5O/c1-13-3-4-15(22-13)11-19-7-8-21-14(9-17-16(21)12-19)10-20-6-2-5-18-20/h2-6,9H,7-8,10-12H2,1H3. The summed E-state index contributed by atoms with van der Waals surface area (Å²) >= 11 is 0. The average molecular weight is 297 g/mol. The van der Waals surface area contributed by atoms with E-state index in [1.54, 1.807) is 6.20 Å². The van der Waals surface area contributed by atoms with Crippen LogP contribution >= 0.6 is 0 Å². The van der Waals surface area contributed by atoms with E-state index in [2.05, 4.69) is 25.6 Å². The Labute approximate surface area is 129 Å². The van der Waals surface area contributed by atoms with E-state index in [9.17, 15) is 0 Å². The molecule has 0 aromatic carbocycles. The van der Waals surface area contributed by atoms with Crippen molar-refractivity contribution in [3.05, 3.63) is 59.8 Å². The average Bonchev–Trinajstić information content (AvgIpc) is 3.23. The number of nitrogens with zero attached hydrogens (tertiary/aromatic N) is 5. The van der Waals surface area contributed by atoms with Crippen LogP contribution in [0.5, 0.6) is 0 Å². The van der Waals surface area contributed by atoms with Crippen molar-refractivity contribution in [1.82, 2.24) is 24.2 Å². The molecular formula is C16H19N5O. The molecule has 0 unspecified atom stereocenters. The third-order valence-corrected chi connectivity index (χ3v) is 4.08. The minimum Gasteiger partial charge on any atom is -0.465 e. The lowest BCUT2D eigenvalue weighted by molar-refractivity contribution is 0.191. The molecule has 0 N–H and O–H groups in total. The van der Waals surface area contributed by atoms with Gasteiger partial charge in [0.1, 0.15) is 17.3 Å². The van der Waals surface area contributed by atoms with Gasteiger partial charge in [-0.15, -0.1) is 0 Å². The molecule has 4 heterocycles. The van der Waals surface area contributed by atoms with E-state index in [1.165, 1.54) is 5.69 Å². The van der Waals surface area contributed by atoms with Crippen molar-refractivity contribution in [2.45, 2.75) is 33.1 Å². The summed E-state index contributed by atoms with van der Waals surface area (Å²) in [5, 5.41) is 4.27. The van der Waals surface area contributed by atoms with Gasteiger partial charge < -0.3 is 8.98 Å². The summed E-state index contributed by atoms with van der Waals surface area (Å²) < 4.78 is 9.91. The number of rotatable bonds is 4. The van der Waals surface area contributed by atoms with Crippen LogP contribution in [0.2, 0.25) is 0 Å². The van der Waals surface area contributed by atoms with E-state index in [0.29, 0.717) is 0 Å². The van der Waals surface area contributed by atoms with Crippen LogP contribution in [0.25, 0.3) is 0 Å². The lowest BCUT2D eigenvalue weighted by atomic mass is 10.3. The van der Waals surface area contributed by atoms with E-state index in [-0.39, 0.29) is 0 Å². The number of hydrogen-bond donors (Lipinski definition) is 0. The molecule has 0 bridgehead atoms. The molecule has 0 radical (unpaired) electrons. The van der Waals surface area contributed by atoms with Crippen LogP contribution in [0.15, 0.2) is 41.2 Å². The topological polar surface area (TPSA) is 52.0 Å². The second-order valence-corrected chi connectivity index (χ2v) is 5.74. The second kappa shape index (κ2) is 5.46. The summed E-state index contributed by atoms with van der Waals surface area (Å²) in [5.74, 6) is 3.11. The first-order valence-electron chi connectivity index (χ1n) is 7.56. The normalized spacial score (nSPS) is 15.1. The number of imidazole rings is 1. The molecule has 6 nitrogen and oxygen atoms in total. The molecule has 3 aromatic heterocycles. The van der Waals surface area contributed by atoms with Gasteiger partial charge in [0.25, 0.3) is 0 Å². The zero-order chi connectivity index (χ0) is 14.9. The predicted molar refractivity (Wildman–Crippen MR) is 81.1 cm³/mol. The van der Waals surface area contributed by atoms with Crippen LogP contribution in [-0.2, 0) is 26.2 Å². The molecule has 114 valence electrons. The van der Waals surface area contributed by atoms with Crippen LogP contribution in [0.1, 0.15) is 23.0 Å². The molecule has 6 heteroatoms. The molecule has 3 aromatic rings. The zero-order valence-electron chi connectivity index (χ0n) is 12.6. The SMILES string of the molecule is Cc1ccc(CN2CCn3c(Cn4cccn4)cnc3C2)o1. The number of fused-ring (bicyclic) bond motifs is 1. The van der Waals surface area contributed by atoms with Crippen LogP contribution in [-0.4, -0.2) is 30.8 Å². The highest BCUT2D eigenvalue weighted by Crippen LogP contribution is 2.18. The fraction of sp³-hybridized carbons (Fsp3) is 0.375. The third-order valence-electron chi connectivity index (χ3n) is 4.08. The minimum atomic E-state index is 0.775. The van der Waals surface area contributed by atoms with Gasteiger partial charge in [0.05, 0.1) is 31.5 Å². The maximum Gasteiger partial charge on any atom is 0.123 e. The Morgan fingerprint density at radius 2 is 2.18 bits per heavy atom. The maximum atomic E-state index is 5.67. The Kier molecular flexibility index (Phi) is 3.31. The summed E-state index contributed by atoms with van der Waals surface area (Å²) in [6.07, 6.45) is 5.76. The Hall–Kier alpha value is -2.34. The van der Waals surface area contributed by atoms with E-state index < -0.39 is 0 Å². The van der Waals surface area contributed by atoms with Gasteiger partial charge in [0, 0.05) is 25.5 Å². The Morgan fingerprint density at radius 3 is 2.95 bits per heavy atom. The van der Waals surface area contributed by atoms with E-state index in [1.807, 2.05) is 36.1 Å². The van der Waals surface area contributed by atoms with Crippen molar-refractivity contribution in [1.29, 1.82) is 0 Å². The summed E-state index contributed by atoms with van der Waals surface area (Å²) in [6.45, 7) is 6.43. The van der Waals surface area contributed by atoms with Gasteiger partial charge in [-0.1, -0.05) is 0 Å². The van der Waals surface area contributed by atoms with Gasteiger partial charge >= 0.3 is 0 Å². The van der Waals surface area contributed by atoms with E-state index >= 15 is 0 Å². The van der Waals surface area contributed by atoms with Gasteiger partial charge in [-0.2, -0.15) is 5.10 Å². The van der Waals surface area contributed by atoms with E-state index in [4.69, 9.17) is 4.42 Å². The molecule has 0 amide bonds. The van der Waals surface area contributed by atoms with Crippen molar-refractivity contribution in [3.63, 3.8) is 0 Å². The highest BCUT2D eigenvalue weighted by atomic mass is 16.3. The first-order valence-corrected chi connectivity index (χ1v) is 7.56. The lowest BCUT2D eigenvalue weighted by Gasteiger charge is -2.27. The molecule has 0 aliphatic carbocycles. The molecule has 0 atom stereocenters. The minimum absolute atomic E-state index is 0.775. The molecule has 0 saturated carbocycles. The molecule has 1 aliphatic heterocycles. The summed E-state index contributed by atoms with van der Waals surface area (Å²) in [4.78, 5) is 6.96. The largest absolute Gasteiger partial charge is 0.465 e. The number of furan rings is 1. The van der Waals surface area contributed by atoms with Crippen LogP contribution in [0.3, 0.4) is 0 Å². The Bertz CT molecular complexity index is 755. The molecule has 1 aliphatic rings. The van der Waals surface area contributed by atoms with Crippen LogP contribution in [0, 0.1) is 6.92 Å². The number of aromatic nitrogens is 4. The highest BCUT2D eigenvalue weighted by molar-refractivity contribution is 5.10. The molecule has 0 fully saturated rings. The van der Waals surface area contributed by atoms with Gasteiger partial charge in [0.15, 0.2) is 0 Å². The maximum absolute atomic E-state index is 5.67. The third kappa shape index (κ3) is 2.57. The summed E-state index contributed by atoms with van der Waals surface area (Å²) in [6, 6.07) is 6.02. The summed E-state index contributed by atoms with van der Waals surface area (Å²) in [5.41, 5.74) is 1.21. The monoisotopic (exact) mass is 297 g/mol. The quantitative estimate of drug-likeness (QED) is 0.739. The molecular weight excluding hydrogens is 278 g/mol. The fourth-order valence-electron chi connectivity index (χ4n) is 2.99. The first-order chi connectivity index (χ1) is 10.8. The van der Waals surface area contributed by atoms with Crippen LogP contribution in [0.4, 0.5) is 0 Å². The molecule has 22 heavy (non-hydrogen) atoms. The number of aryl methyl sites for hydroxylation is 1. The molecule has 4 rings (SSSR count). The van der Waals surface area contributed by atoms with Gasteiger partial charge in [0.2, 0.25) is 0 Å². The number of hydrogen-bond acceptors (Lipinski definition) is 4. The smallest absolute Gasteiger partial charge is 0.123 e.